The van der Waals surface area contributed by atoms with Crippen LogP contribution in [0.2, 0.25) is 14.5 Å². The monoisotopic (exact) mass is 491 g/mol. The topological polar surface area (TPSA) is 46.1 Å². The van der Waals surface area contributed by atoms with Crippen LogP contribution >= 0.6 is 69.3 Å². The molecule has 10 heteroatoms. The van der Waals surface area contributed by atoms with Crippen LogP contribution in [0, 0.1) is 0 Å². The van der Waals surface area contributed by atoms with Crippen molar-refractivity contribution in [3.8, 4) is 0 Å². The van der Waals surface area contributed by atoms with E-state index in [2.05, 4.69) is 9.97 Å². The summed E-state index contributed by atoms with van der Waals surface area (Å²) >= 11 is 31.5. The van der Waals surface area contributed by atoms with Crippen molar-refractivity contribution in [3.05, 3.63) is 78.2 Å². The van der Waals surface area contributed by atoms with Crippen LogP contribution in [0.25, 0.3) is 5.57 Å². The third-order valence-electron chi connectivity index (χ3n) is 3.56. The Hall–Kier alpha value is -1.34. The van der Waals surface area contributed by atoms with E-state index >= 15 is 0 Å². The standard InChI is InChI=1S/C18H10Cl5N3OS/c19-11-5-10(6-12(20)7-11)15(16(21)22)17(27)26(14-3-1-2-4-24-14)9-13-8-25-18(23)28-13/h1-8H,9H2. The second kappa shape index (κ2) is 9.44. The van der Waals surface area contributed by atoms with Gasteiger partial charge in [0.25, 0.3) is 5.91 Å². The molecule has 3 aromatic rings. The zero-order chi connectivity index (χ0) is 20.3. The molecule has 0 atom stereocenters. The van der Waals surface area contributed by atoms with Crippen LogP contribution in [0.15, 0.2) is 53.3 Å². The number of rotatable bonds is 5. The fourth-order valence-electron chi connectivity index (χ4n) is 2.43. The van der Waals surface area contributed by atoms with Crippen LogP contribution in [0.1, 0.15) is 10.4 Å². The first-order valence-corrected chi connectivity index (χ1v) is 10.4. The van der Waals surface area contributed by atoms with Crippen molar-refractivity contribution in [2.75, 3.05) is 4.90 Å². The minimum Gasteiger partial charge on any atom is -0.287 e. The van der Waals surface area contributed by atoms with Gasteiger partial charge >= 0.3 is 0 Å². The molecule has 1 aromatic carbocycles. The summed E-state index contributed by atoms with van der Waals surface area (Å²) in [5.74, 6) is -0.0567. The second-order valence-corrected chi connectivity index (χ2v) is 8.97. The van der Waals surface area contributed by atoms with E-state index in [4.69, 9.17) is 58.0 Å². The number of hydrogen-bond acceptors (Lipinski definition) is 4. The first kappa shape index (κ1) is 21.4. The van der Waals surface area contributed by atoms with Crippen LogP contribution in [0.3, 0.4) is 0 Å². The number of benzene rings is 1. The van der Waals surface area contributed by atoms with E-state index in [9.17, 15) is 4.79 Å². The van der Waals surface area contributed by atoms with Crippen molar-refractivity contribution < 1.29 is 4.79 Å². The summed E-state index contributed by atoms with van der Waals surface area (Å²) in [5, 5.41) is 0.696. The van der Waals surface area contributed by atoms with Crippen LogP contribution in [-0.4, -0.2) is 15.9 Å². The van der Waals surface area contributed by atoms with Gasteiger partial charge in [0.15, 0.2) is 4.47 Å². The lowest BCUT2D eigenvalue weighted by atomic mass is 10.1. The van der Waals surface area contributed by atoms with E-state index < -0.39 is 5.91 Å². The normalized spacial score (nSPS) is 10.6. The Balaban J connectivity index is 2.06. The van der Waals surface area contributed by atoms with E-state index in [1.807, 2.05) is 0 Å². The molecule has 0 bridgehead atoms. The maximum Gasteiger partial charge on any atom is 0.262 e. The second-order valence-electron chi connectivity index (χ2n) is 5.45. The molecule has 28 heavy (non-hydrogen) atoms. The lowest BCUT2D eigenvalue weighted by Gasteiger charge is -2.23. The summed E-state index contributed by atoms with van der Waals surface area (Å²) in [6, 6.07) is 9.89. The Morgan fingerprint density at radius 1 is 1.04 bits per heavy atom. The van der Waals surface area contributed by atoms with E-state index in [0.717, 1.165) is 4.88 Å². The lowest BCUT2D eigenvalue weighted by Crippen LogP contribution is -2.31. The van der Waals surface area contributed by atoms with Crippen LogP contribution < -0.4 is 4.90 Å². The molecule has 3 rings (SSSR count). The average molecular weight is 494 g/mol. The number of halogens is 5. The Morgan fingerprint density at radius 2 is 1.75 bits per heavy atom. The summed E-state index contributed by atoms with van der Waals surface area (Å²) < 4.78 is 0.155. The number of hydrogen-bond donors (Lipinski definition) is 0. The summed E-state index contributed by atoms with van der Waals surface area (Å²) in [6.45, 7) is 0.180. The smallest absolute Gasteiger partial charge is 0.262 e. The van der Waals surface area contributed by atoms with Gasteiger partial charge in [-0.25, -0.2) is 9.97 Å². The highest BCUT2D eigenvalue weighted by Crippen LogP contribution is 2.33. The first-order valence-electron chi connectivity index (χ1n) is 7.70. The van der Waals surface area contributed by atoms with Gasteiger partial charge in [0.2, 0.25) is 0 Å². The number of carbonyl (C=O) groups is 1. The molecule has 0 saturated carbocycles. The molecule has 0 aliphatic heterocycles. The summed E-state index contributed by atoms with van der Waals surface area (Å²) in [4.78, 5) is 23.9. The summed E-state index contributed by atoms with van der Waals surface area (Å²) in [5.41, 5.74) is 0.444. The fourth-order valence-corrected chi connectivity index (χ4v) is 4.30. The minimum atomic E-state index is -0.471. The summed E-state index contributed by atoms with van der Waals surface area (Å²) in [6.07, 6.45) is 3.18. The molecule has 0 saturated heterocycles. The van der Waals surface area contributed by atoms with Gasteiger partial charge in [-0.15, -0.1) is 11.3 Å². The Labute approximate surface area is 190 Å². The molecule has 0 fully saturated rings. The molecule has 0 aliphatic carbocycles. The van der Waals surface area contributed by atoms with Gasteiger partial charge in [0.05, 0.1) is 12.1 Å². The highest BCUT2D eigenvalue weighted by atomic mass is 35.5. The predicted octanol–water partition coefficient (Wildman–Crippen LogP) is 6.88. The first-order chi connectivity index (χ1) is 13.3. The number of thiazole rings is 1. The zero-order valence-corrected chi connectivity index (χ0v) is 18.5. The molecule has 4 nitrogen and oxygen atoms in total. The van der Waals surface area contributed by atoms with Gasteiger partial charge in [-0.05, 0) is 35.9 Å². The molecule has 0 radical (unpaired) electrons. The van der Waals surface area contributed by atoms with Gasteiger partial charge in [0, 0.05) is 27.3 Å². The van der Waals surface area contributed by atoms with E-state index in [-0.39, 0.29) is 16.6 Å². The van der Waals surface area contributed by atoms with Crippen molar-refractivity contribution in [1.82, 2.24) is 9.97 Å². The van der Waals surface area contributed by atoms with E-state index in [0.29, 0.717) is 25.9 Å². The van der Waals surface area contributed by atoms with Crippen molar-refractivity contribution in [3.63, 3.8) is 0 Å². The lowest BCUT2D eigenvalue weighted by molar-refractivity contribution is -0.113. The zero-order valence-electron chi connectivity index (χ0n) is 13.9. The van der Waals surface area contributed by atoms with Crippen LogP contribution in [-0.2, 0) is 11.3 Å². The van der Waals surface area contributed by atoms with Gasteiger partial charge < -0.3 is 0 Å². The molecular formula is C18H10Cl5N3OS. The van der Waals surface area contributed by atoms with Gasteiger partial charge in [0.1, 0.15) is 10.3 Å². The highest BCUT2D eigenvalue weighted by molar-refractivity contribution is 7.15. The summed E-state index contributed by atoms with van der Waals surface area (Å²) in [7, 11) is 0. The third kappa shape index (κ3) is 5.17. The van der Waals surface area contributed by atoms with Gasteiger partial charge in [-0.1, -0.05) is 64.1 Å². The molecule has 144 valence electrons. The number of aromatic nitrogens is 2. The van der Waals surface area contributed by atoms with E-state index in [1.165, 1.54) is 16.2 Å². The maximum absolute atomic E-state index is 13.4. The van der Waals surface area contributed by atoms with Crippen LogP contribution in [0.4, 0.5) is 5.82 Å². The number of nitrogens with zero attached hydrogens (tertiary/aromatic N) is 3. The number of amides is 1. The Morgan fingerprint density at radius 3 is 2.29 bits per heavy atom. The van der Waals surface area contributed by atoms with Gasteiger partial charge in [-0.3, -0.25) is 9.69 Å². The van der Waals surface area contributed by atoms with Gasteiger partial charge in [-0.2, -0.15) is 0 Å². The molecule has 0 spiro atoms. The number of anilines is 1. The third-order valence-corrected chi connectivity index (χ3v) is 5.48. The maximum atomic E-state index is 13.4. The molecule has 1 amide bonds. The number of carbonyl (C=O) groups excluding carboxylic acids is 1. The fraction of sp³-hybridized carbons (Fsp3) is 0.0556. The quantitative estimate of drug-likeness (QED) is 0.364. The highest BCUT2D eigenvalue weighted by Gasteiger charge is 2.26. The molecule has 0 N–H and O–H groups in total. The molecule has 0 unspecified atom stereocenters. The van der Waals surface area contributed by atoms with Crippen molar-refractivity contribution in [1.29, 1.82) is 0 Å². The van der Waals surface area contributed by atoms with Crippen LogP contribution in [0.5, 0.6) is 0 Å². The minimum absolute atomic E-state index is 0.0500. The molecular weight excluding hydrogens is 484 g/mol. The molecule has 2 aromatic heterocycles. The molecule has 0 aliphatic rings. The largest absolute Gasteiger partial charge is 0.287 e. The van der Waals surface area contributed by atoms with E-state index in [1.54, 1.807) is 48.8 Å². The average Bonchev–Trinajstić information content (AvgIpc) is 3.04. The number of pyridine rings is 1. The van der Waals surface area contributed by atoms with Crippen molar-refractivity contribution in [2.45, 2.75) is 6.54 Å². The SMILES string of the molecule is O=C(C(=C(Cl)Cl)c1cc(Cl)cc(Cl)c1)N(Cc1cnc(Cl)s1)c1ccccn1. The molecule has 2 heterocycles. The Bertz CT molecular complexity index is 1010. The van der Waals surface area contributed by atoms with Crippen molar-refractivity contribution in [2.24, 2.45) is 0 Å². The predicted molar refractivity (Wildman–Crippen MR) is 118 cm³/mol. The van der Waals surface area contributed by atoms with Crippen molar-refractivity contribution >= 4 is 86.6 Å². The Kier molecular flexibility index (Phi) is 7.20.